The molecule has 0 atom stereocenters. The molecule has 2 aromatic heterocycles. The number of aryl methyl sites for hydroxylation is 1. The molecule has 2 rings (SSSR count). The topological polar surface area (TPSA) is 64.1 Å². The van der Waals surface area contributed by atoms with Gasteiger partial charge in [-0.15, -0.1) is 21.5 Å². The van der Waals surface area contributed by atoms with Crippen molar-refractivity contribution < 1.29 is 9.53 Å². The molecule has 20 heavy (non-hydrogen) atoms. The van der Waals surface area contributed by atoms with Crippen molar-refractivity contribution in [3.8, 4) is 0 Å². The first kappa shape index (κ1) is 15.1. The molecule has 1 N–H and O–H groups in total. The van der Waals surface area contributed by atoms with Crippen LogP contribution in [0.5, 0.6) is 0 Å². The molecule has 0 saturated heterocycles. The maximum atomic E-state index is 12.0. The van der Waals surface area contributed by atoms with E-state index in [0.717, 1.165) is 17.8 Å². The van der Waals surface area contributed by atoms with Crippen LogP contribution in [0.1, 0.15) is 33.4 Å². The zero-order valence-electron chi connectivity index (χ0n) is 11.5. The Kier molecular flexibility index (Phi) is 5.63. The standard InChI is InChI=1S/C13H17N3O2S2/c1-3-9-5-6-10(19-9)12(17)14-13-16-15-11(20-13)7-8-18-4-2/h5-6H,3-4,7-8H2,1-2H3,(H,14,16,17). The molecule has 0 aromatic carbocycles. The van der Waals surface area contributed by atoms with Crippen molar-refractivity contribution in [3.05, 3.63) is 26.9 Å². The SMILES string of the molecule is CCOCCc1nnc(NC(=O)c2ccc(CC)s2)s1. The summed E-state index contributed by atoms with van der Waals surface area (Å²) in [5.41, 5.74) is 0. The number of hydrogen-bond acceptors (Lipinski definition) is 6. The maximum Gasteiger partial charge on any atom is 0.267 e. The highest BCUT2D eigenvalue weighted by atomic mass is 32.1. The molecular formula is C13H17N3O2S2. The highest BCUT2D eigenvalue weighted by molar-refractivity contribution is 7.16. The Hall–Kier alpha value is -1.31. The van der Waals surface area contributed by atoms with Gasteiger partial charge in [-0.1, -0.05) is 18.3 Å². The van der Waals surface area contributed by atoms with Crippen LogP contribution < -0.4 is 5.32 Å². The minimum absolute atomic E-state index is 0.123. The highest BCUT2D eigenvalue weighted by Crippen LogP contribution is 2.20. The summed E-state index contributed by atoms with van der Waals surface area (Å²) >= 11 is 2.90. The molecule has 0 radical (unpaired) electrons. The maximum absolute atomic E-state index is 12.0. The van der Waals surface area contributed by atoms with Gasteiger partial charge in [0, 0.05) is 17.9 Å². The van der Waals surface area contributed by atoms with Gasteiger partial charge in [-0.25, -0.2) is 0 Å². The number of nitrogens with one attached hydrogen (secondary N) is 1. The normalized spacial score (nSPS) is 10.7. The Balaban J connectivity index is 1.91. The predicted octanol–water partition coefficient (Wildman–Crippen LogP) is 2.99. The molecule has 5 nitrogen and oxygen atoms in total. The van der Waals surface area contributed by atoms with Crippen molar-refractivity contribution in [2.24, 2.45) is 0 Å². The number of aromatic nitrogens is 2. The number of carbonyl (C=O) groups excluding carboxylic acids is 1. The Morgan fingerprint density at radius 1 is 1.30 bits per heavy atom. The number of anilines is 1. The number of thiophene rings is 1. The third kappa shape index (κ3) is 4.09. The van der Waals surface area contributed by atoms with E-state index < -0.39 is 0 Å². The van der Waals surface area contributed by atoms with Gasteiger partial charge < -0.3 is 4.74 Å². The smallest absolute Gasteiger partial charge is 0.267 e. The molecule has 108 valence electrons. The second-order valence-electron chi connectivity index (χ2n) is 4.02. The molecule has 0 aliphatic heterocycles. The minimum atomic E-state index is -0.123. The number of nitrogens with zero attached hydrogens (tertiary/aromatic N) is 2. The van der Waals surface area contributed by atoms with Crippen LogP contribution in [0, 0.1) is 0 Å². The van der Waals surface area contributed by atoms with Crippen LogP contribution in [-0.2, 0) is 17.6 Å². The lowest BCUT2D eigenvalue weighted by Crippen LogP contribution is -2.09. The Morgan fingerprint density at radius 3 is 2.85 bits per heavy atom. The van der Waals surface area contributed by atoms with Gasteiger partial charge in [0.15, 0.2) is 0 Å². The van der Waals surface area contributed by atoms with E-state index in [9.17, 15) is 4.79 Å². The number of ether oxygens (including phenoxy) is 1. The van der Waals surface area contributed by atoms with Crippen molar-refractivity contribution >= 4 is 33.7 Å². The summed E-state index contributed by atoms with van der Waals surface area (Å²) in [5, 5.41) is 12.2. The fourth-order valence-corrected chi connectivity index (χ4v) is 3.12. The third-order valence-corrected chi connectivity index (χ3v) is 4.71. The molecule has 0 unspecified atom stereocenters. The summed E-state index contributed by atoms with van der Waals surface area (Å²) in [6.07, 6.45) is 1.67. The van der Waals surface area contributed by atoms with Gasteiger partial charge in [0.05, 0.1) is 11.5 Å². The number of rotatable bonds is 7. The summed E-state index contributed by atoms with van der Waals surface area (Å²) in [6, 6.07) is 3.82. The number of carbonyl (C=O) groups is 1. The lowest BCUT2D eigenvalue weighted by atomic mass is 10.3. The first-order chi connectivity index (χ1) is 9.72. The summed E-state index contributed by atoms with van der Waals surface area (Å²) in [6.45, 7) is 5.35. The van der Waals surface area contributed by atoms with E-state index in [0.29, 0.717) is 23.2 Å². The summed E-state index contributed by atoms with van der Waals surface area (Å²) in [5.74, 6) is -0.123. The monoisotopic (exact) mass is 311 g/mol. The van der Waals surface area contributed by atoms with Crippen molar-refractivity contribution in [1.29, 1.82) is 0 Å². The van der Waals surface area contributed by atoms with Gasteiger partial charge in [-0.3, -0.25) is 10.1 Å². The third-order valence-electron chi connectivity index (χ3n) is 2.59. The van der Waals surface area contributed by atoms with Gasteiger partial charge in [0.2, 0.25) is 5.13 Å². The van der Waals surface area contributed by atoms with Crippen LogP contribution >= 0.6 is 22.7 Å². The first-order valence-corrected chi connectivity index (χ1v) is 8.16. The van der Waals surface area contributed by atoms with E-state index in [1.807, 2.05) is 19.1 Å². The molecule has 0 aliphatic carbocycles. The van der Waals surface area contributed by atoms with Crippen molar-refractivity contribution in [2.75, 3.05) is 18.5 Å². The molecule has 0 spiro atoms. The van der Waals surface area contributed by atoms with Crippen molar-refractivity contribution in [3.63, 3.8) is 0 Å². The fourth-order valence-electron chi connectivity index (χ4n) is 1.56. The van der Waals surface area contributed by atoms with E-state index in [1.165, 1.54) is 27.6 Å². The minimum Gasteiger partial charge on any atom is -0.381 e. The molecule has 2 heterocycles. The second kappa shape index (κ2) is 7.47. The van der Waals surface area contributed by atoms with Crippen LogP contribution in [-0.4, -0.2) is 29.3 Å². The molecule has 0 aliphatic rings. The van der Waals surface area contributed by atoms with Gasteiger partial charge in [-0.05, 0) is 25.5 Å². The molecule has 7 heteroatoms. The zero-order chi connectivity index (χ0) is 14.4. The Bertz CT molecular complexity index is 565. The van der Waals surface area contributed by atoms with Gasteiger partial charge in [-0.2, -0.15) is 0 Å². The van der Waals surface area contributed by atoms with Crippen LogP contribution in [0.15, 0.2) is 12.1 Å². The Labute approximate surface area is 126 Å². The van der Waals surface area contributed by atoms with Gasteiger partial charge in [0.25, 0.3) is 5.91 Å². The van der Waals surface area contributed by atoms with Crippen LogP contribution in [0.4, 0.5) is 5.13 Å². The van der Waals surface area contributed by atoms with E-state index in [-0.39, 0.29) is 5.91 Å². The van der Waals surface area contributed by atoms with Gasteiger partial charge >= 0.3 is 0 Å². The summed E-state index contributed by atoms with van der Waals surface area (Å²) < 4.78 is 5.27. The lowest BCUT2D eigenvalue weighted by Gasteiger charge is -1.97. The molecule has 0 fully saturated rings. The molecule has 0 bridgehead atoms. The van der Waals surface area contributed by atoms with E-state index in [2.05, 4.69) is 22.4 Å². The molecule has 1 amide bonds. The lowest BCUT2D eigenvalue weighted by molar-refractivity contribution is 0.103. The van der Waals surface area contributed by atoms with E-state index >= 15 is 0 Å². The summed E-state index contributed by atoms with van der Waals surface area (Å²) in [7, 11) is 0. The van der Waals surface area contributed by atoms with Crippen LogP contribution in [0.25, 0.3) is 0 Å². The number of amides is 1. The Morgan fingerprint density at radius 2 is 2.15 bits per heavy atom. The van der Waals surface area contributed by atoms with Crippen molar-refractivity contribution in [1.82, 2.24) is 10.2 Å². The first-order valence-electron chi connectivity index (χ1n) is 6.53. The molecule has 0 saturated carbocycles. The average molecular weight is 311 g/mol. The largest absolute Gasteiger partial charge is 0.381 e. The number of hydrogen-bond donors (Lipinski definition) is 1. The van der Waals surface area contributed by atoms with Crippen LogP contribution in [0.2, 0.25) is 0 Å². The van der Waals surface area contributed by atoms with Crippen LogP contribution in [0.3, 0.4) is 0 Å². The van der Waals surface area contributed by atoms with Gasteiger partial charge in [0.1, 0.15) is 5.01 Å². The average Bonchev–Trinajstić information content (AvgIpc) is 3.08. The molecular weight excluding hydrogens is 294 g/mol. The highest BCUT2D eigenvalue weighted by Gasteiger charge is 2.12. The second-order valence-corrected chi connectivity index (χ2v) is 6.25. The van der Waals surface area contributed by atoms with Crippen molar-refractivity contribution in [2.45, 2.75) is 26.7 Å². The van der Waals surface area contributed by atoms with E-state index in [1.54, 1.807) is 0 Å². The van der Waals surface area contributed by atoms with E-state index in [4.69, 9.17) is 4.74 Å². The fraction of sp³-hybridized carbons (Fsp3) is 0.462. The molecule has 2 aromatic rings. The summed E-state index contributed by atoms with van der Waals surface area (Å²) in [4.78, 5) is 13.9. The predicted molar refractivity (Wildman–Crippen MR) is 81.8 cm³/mol. The zero-order valence-corrected chi connectivity index (χ0v) is 13.1. The quantitative estimate of drug-likeness (QED) is 0.798.